The van der Waals surface area contributed by atoms with Gasteiger partial charge in [0, 0.05) is 38.7 Å². The molecule has 2 aromatic carbocycles. The van der Waals surface area contributed by atoms with Gasteiger partial charge in [-0.05, 0) is 53.4 Å². The number of hydrazine groups is 1. The molecule has 2 aromatic heterocycles. The van der Waals surface area contributed by atoms with Gasteiger partial charge < -0.3 is 15.1 Å². The van der Waals surface area contributed by atoms with Gasteiger partial charge in [0.05, 0.1) is 40.1 Å². The Morgan fingerprint density at radius 1 is 1.00 bits per heavy atom. The van der Waals surface area contributed by atoms with Gasteiger partial charge in [-0.15, -0.1) is 0 Å². The molecule has 13 nitrogen and oxygen atoms in total. The first-order chi connectivity index (χ1) is 22.9. The minimum atomic E-state index is -1.04. The topological polar surface area (TPSA) is 159 Å². The highest BCUT2D eigenvalue weighted by Gasteiger charge is 2.43. The number of furan rings is 1. The summed E-state index contributed by atoms with van der Waals surface area (Å²) in [6.07, 6.45) is 1.45. The molecule has 4 aromatic rings. The lowest BCUT2D eigenvalue weighted by Crippen LogP contribution is -2.58. The molecule has 17 heteroatoms. The number of carbonyl (C=O) groups is 5. The number of benzene rings is 2. The number of aromatic nitrogens is 2. The molecule has 248 valence electrons. The Morgan fingerprint density at radius 2 is 1.75 bits per heavy atom. The number of imide groups is 2. The number of hydrogen-bond donors (Lipinski definition) is 3. The van der Waals surface area contributed by atoms with Crippen molar-refractivity contribution in [2.24, 2.45) is 7.05 Å². The van der Waals surface area contributed by atoms with E-state index in [0.29, 0.717) is 32.4 Å². The predicted octanol–water partition coefficient (Wildman–Crippen LogP) is 3.85. The number of fused-ring (bicyclic) bond motifs is 1. The van der Waals surface area contributed by atoms with Crippen molar-refractivity contribution in [1.29, 1.82) is 0 Å². The first kappa shape index (κ1) is 32.8. The van der Waals surface area contributed by atoms with Gasteiger partial charge in [-0.3, -0.25) is 29.2 Å². The summed E-state index contributed by atoms with van der Waals surface area (Å²) in [6, 6.07) is 7.89. The summed E-state index contributed by atoms with van der Waals surface area (Å²) in [5, 5.41) is 14.0. The van der Waals surface area contributed by atoms with Crippen molar-refractivity contribution in [3.63, 3.8) is 0 Å². The summed E-state index contributed by atoms with van der Waals surface area (Å²) < 4.78 is 34.6. The van der Waals surface area contributed by atoms with Crippen LogP contribution in [0.4, 0.5) is 13.6 Å². The zero-order chi connectivity index (χ0) is 34.3. The van der Waals surface area contributed by atoms with Crippen LogP contribution >= 0.6 is 23.2 Å². The Bertz CT molecular complexity index is 1980. The Morgan fingerprint density at radius 3 is 2.46 bits per heavy atom. The molecule has 4 heterocycles. The van der Waals surface area contributed by atoms with E-state index < -0.39 is 47.3 Å². The number of urea groups is 1. The summed E-state index contributed by atoms with van der Waals surface area (Å²) in [7, 11) is 1.65. The summed E-state index contributed by atoms with van der Waals surface area (Å²) >= 11 is 12.5. The highest BCUT2D eigenvalue weighted by molar-refractivity contribution is 6.35. The van der Waals surface area contributed by atoms with Crippen LogP contribution in [0, 0.1) is 11.6 Å². The van der Waals surface area contributed by atoms with Crippen LogP contribution < -0.4 is 16.0 Å². The van der Waals surface area contributed by atoms with Crippen molar-refractivity contribution < 1.29 is 37.2 Å². The number of nitrogens with zero attached hydrogens (tertiary/aromatic N) is 4. The molecule has 1 saturated heterocycles. The molecule has 2 aliphatic rings. The van der Waals surface area contributed by atoms with Crippen molar-refractivity contribution in [3.05, 3.63) is 98.6 Å². The lowest BCUT2D eigenvalue weighted by Gasteiger charge is -2.32. The van der Waals surface area contributed by atoms with E-state index in [1.807, 2.05) is 0 Å². The SMILES string of the molecule is Cn1ncc(Cl)c1-c1cc(C(=O)N[C@H](CNCc2ccc3c(c2)C(=O)N(N2CCC(=O)NC2=O)C3=O)Cc2ccc(F)c(F)c2)oc1Cl. The fourth-order valence-electron chi connectivity index (χ4n) is 5.48. The van der Waals surface area contributed by atoms with E-state index in [2.05, 4.69) is 21.0 Å². The average molecular weight is 700 g/mol. The molecule has 0 aliphatic carbocycles. The van der Waals surface area contributed by atoms with Crippen LogP contribution in [0.1, 0.15) is 48.8 Å². The molecule has 0 unspecified atom stereocenters. The molecule has 1 fully saturated rings. The van der Waals surface area contributed by atoms with Crippen molar-refractivity contribution in [1.82, 2.24) is 35.7 Å². The summed E-state index contributed by atoms with van der Waals surface area (Å²) in [5.41, 5.74) is 1.97. The summed E-state index contributed by atoms with van der Waals surface area (Å²) in [5.74, 6) is -4.73. The molecule has 0 radical (unpaired) electrons. The Balaban J connectivity index is 1.16. The lowest BCUT2D eigenvalue weighted by atomic mass is 10.0. The van der Waals surface area contributed by atoms with Crippen molar-refractivity contribution in [2.75, 3.05) is 13.1 Å². The Labute approximate surface area is 280 Å². The highest BCUT2D eigenvalue weighted by Crippen LogP contribution is 2.35. The molecular weight excluding hydrogens is 675 g/mol. The number of hydrogen-bond acceptors (Lipinski definition) is 8. The fourth-order valence-corrected chi connectivity index (χ4v) is 5.97. The van der Waals surface area contributed by atoms with Crippen molar-refractivity contribution in [2.45, 2.75) is 25.4 Å². The monoisotopic (exact) mass is 699 g/mol. The van der Waals surface area contributed by atoms with Gasteiger partial charge in [0.25, 0.3) is 17.7 Å². The number of aryl methyl sites for hydroxylation is 1. The predicted molar refractivity (Wildman–Crippen MR) is 166 cm³/mol. The third kappa shape index (κ3) is 6.39. The van der Waals surface area contributed by atoms with E-state index in [1.54, 1.807) is 13.1 Å². The Hall–Kier alpha value is -5.12. The second kappa shape index (κ2) is 13.2. The zero-order valence-electron chi connectivity index (χ0n) is 25.0. The van der Waals surface area contributed by atoms with Crippen molar-refractivity contribution in [3.8, 4) is 11.3 Å². The molecule has 6 amide bonds. The van der Waals surface area contributed by atoms with Crippen LogP contribution in [0.5, 0.6) is 0 Å². The maximum atomic E-state index is 14.0. The standard InChI is InChI=1S/C31H25Cl2F2N7O6/c1-40-26(21(32)14-37-40)20-11-24(48-27(20)33)28(44)38-17(8-15-3-5-22(34)23(35)10-15)13-36-12-16-2-4-18-19(9-16)30(46)42(29(18)45)41-7-6-25(43)39-31(41)47/h2-5,9-11,14,17,36H,6-8,12-13H2,1H3,(H,38,44)(H,39,43,47)/t17-/m0/s1. The second-order valence-electron chi connectivity index (χ2n) is 11.0. The number of rotatable bonds is 10. The maximum absolute atomic E-state index is 14.0. The molecule has 0 bridgehead atoms. The number of carbonyl (C=O) groups excluding carboxylic acids is 5. The highest BCUT2D eigenvalue weighted by atomic mass is 35.5. The van der Waals surface area contributed by atoms with E-state index in [1.165, 1.54) is 35.1 Å². The first-order valence-electron chi connectivity index (χ1n) is 14.5. The molecule has 0 spiro atoms. The molecule has 3 N–H and O–H groups in total. The molecule has 6 rings (SSSR count). The maximum Gasteiger partial charge on any atom is 0.343 e. The average Bonchev–Trinajstić information content (AvgIpc) is 3.66. The summed E-state index contributed by atoms with van der Waals surface area (Å²) in [6.45, 7) is 0.170. The van der Waals surface area contributed by atoms with E-state index in [4.69, 9.17) is 27.6 Å². The van der Waals surface area contributed by atoms with Gasteiger partial charge in [0.1, 0.15) is 0 Å². The smallest absolute Gasteiger partial charge is 0.343 e. The van der Waals surface area contributed by atoms with Crippen LogP contribution in [0.15, 0.2) is 53.1 Å². The van der Waals surface area contributed by atoms with Crippen LogP contribution in [-0.4, -0.2) is 68.6 Å². The quantitative estimate of drug-likeness (QED) is 0.211. The third-order valence-corrected chi connectivity index (χ3v) is 8.34. The van der Waals surface area contributed by atoms with Gasteiger partial charge >= 0.3 is 6.03 Å². The van der Waals surface area contributed by atoms with Crippen LogP contribution in [0.3, 0.4) is 0 Å². The van der Waals surface area contributed by atoms with E-state index in [-0.39, 0.29) is 54.6 Å². The van der Waals surface area contributed by atoms with Crippen LogP contribution in [0.25, 0.3) is 11.3 Å². The normalized spacial score (nSPS) is 15.2. The molecule has 48 heavy (non-hydrogen) atoms. The number of halogens is 4. The van der Waals surface area contributed by atoms with E-state index >= 15 is 0 Å². The van der Waals surface area contributed by atoms with E-state index in [0.717, 1.165) is 17.1 Å². The van der Waals surface area contributed by atoms with Crippen LogP contribution in [-0.2, 0) is 24.8 Å². The summed E-state index contributed by atoms with van der Waals surface area (Å²) in [4.78, 5) is 63.2. The second-order valence-corrected chi connectivity index (χ2v) is 11.8. The third-order valence-electron chi connectivity index (χ3n) is 7.78. The van der Waals surface area contributed by atoms with E-state index in [9.17, 15) is 32.8 Å². The van der Waals surface area contributed by atoms with Gasteiger partial charge in [0.15, 0.2) is 17.4 Å². The van der Waals surface area contributed by atoms with Gasteiger partial charge in [-0.25, -0.2) is 18.6 Å². The lowest BCUT2D eigenvalue weighted by molar-refractivity contribution is -0.122. The van der Waals surface area contributed by atoms with Gasteiger partial charge in [-0.1, -0.05) is 23.7 Å². The number of amides is 6. The zero-order valence-corrected chi connectivity index (χ0v) is 26.5. The van der Waals surface area contributed by atoms with Gasteiger partial charge in [0.2, 0.25) is 11.1 Å². The first-order valence-corrected chi connectivity index (χ1v) is 15.2. The molecule has 1 atom stereocenters. The van der Waals surface area contributed by atoms with Gasteiger partial charge in [-0.2, -0.15) is 10.1 Å². The largest absolute Gasteiger partial charge is 0.439 e. The molecule has 2 aliphatic heterocycles. The minimum Gasteiger partial charge on any atom is -0.439 e. The minimum absolute atomic E-state index is 0.0660. The Kier molecular flexibility index (Phi) is 9.01. The molecule has 0 saturated carbocycles. The fraction of sp³-hybridized carbons (Fsp3) is 0.226. The van der Waals surface area contributed by atoms with Crippen molar-refractivity contribution >= 4 is 52.9 Å². The van der Waals surface area contributed by atoms with Crippen LogP contribution in [0.2, 0.25) is 10.2 Å². The number of nitrogens with one attached hydrogen (secondary N) is 3. The molecular formula is C31H25Cl2F2N7O6.